The van der Waals surface area contributed by atoms with Gasteiger partial charge in [0.1, 0.15) is 11.6 Å². The minimum absolute atomic E-state index is 0.531. The van der Waals surface area contributed by atoms with E-state index in [4.69, 9.17) is 5.73 Å². The lowest BCUT2D eigenvalue weighted by atomic mass is 10.2. The molecule has 0 unspecified atom stereocenters. The van der Waals surface area contributed by atoms with Crippen molar-refractivity contribution in [3.63, 3.8) is 0 Å². The van der Waals surface area contributed by atoms with Gasteiger partial charge in [-0.2, -0.15) is 5.10 Å². The summed E-state index contributed by atoms with van der Waals surface area (Å²) < 4.78 is 1.71. The second kappa shape index (κ2) is 4.30. The van der Waals surface area contributed by atoms with Crippen molar-refractivity contribution < 1.29 is 0 Å². The Bertz CT molecular complexity index is 475. The molecule has 0 fully saturated rings. The summed E-state index contributed by atoms with van der Waals surface area (Å²) in [6.45, 7) is 4.00. The van der Waals surface area contributed by atoms with Gasteiger partial charge in [0.25, 0.3) is 0 Å². The summed E-state index contributed by atoms with van der Waals surface area (Å²) in [6, 6.07) is 1.86. The van der Waals surface area contributed by atoms with E-state index in [1.54, 1.807) is 10.9 Å². The highest BCUT2D eigenvalue weighted by Gasteiger charge is 2.09. The molecular formula is C11H15N5. The number of aryl methyl sites for hydroxylation is 1. The average molecular weight is 217 g/mol. The molecular weight excluding hydrogens is 202 g/mol. The Kier molecular flexibility index (Phi) is 2.85. The highest BCUT2D eigenvalue weighted by atomic mass is 15.3. The fraction of sp³-hybridized carbons (Fsp3) is 0.364. The minimum Gasteiger partial charge on any atom is -0.383 e. The molecule has 84 valence electrons. The van der Waals surface area contributed by atoms with Gasteiger partial charge in [-0.3, -0.25) is 0 Å². The number of rotatable bonds is 3. The van der Waals surface area contributed by atoms with Gasteiger partial charge >= 0.3 is 0 Å². The van der Waals surface area contributed by atoms with E-state index in [-0.39, 0.29) is 0 Å². The first kappa shape index (κ1) is 10.6. The van der Waals surface area contributed by atoms with Crippen molar-refractivity contribution in [3.8, 4) is 5.82 Å². The second-order valence-electron chi connectivity index (χ2n) is 3.67. The van der Waals surface area contributed by atoms with Crippen LogP contribution in [0.1, 0.15) is 24.7 Å². The highest BCUT2D eigenvalue weighted by molar-refractivity contribution is 5.47. The van der Waals surface area contributed by atoms with E-state index in [1.807, 2.05) is 19.2 Å². The fourth-order valence-electron chi connectivity index (χ4n) is 1.52. The van der Waals surface area contributed by atoms with Crippen molar-refractivity contribution in [2.45, 2.75) is 26.7 Å². The lowest BCUT2D eigenvalue weighted by Crippen LogP contribution is -2.09. The molecule has 2 N–H and O–H groups in total. The predicted octanol–water partition coefficient (Wildman–Crippen LogP) is 1.51. The van der Waals surface area contributed by atoms with Crippen LogP contribution < -0.4 is 5.73 Å². The van der Waals surface area contributed by atoms with Gasteiger partial charge in [-0.1, -0.05) is 6.92 Å². The van der Waals surface area contributed by atoms with E-state index in [0.29, 0.717) is 5.82 Å². The monoisotopic (exact) mass is 217 g/mol. The Morgan fingerprint density at radius 1 is 1.38 bits per heavy atom. The predicted molar refractivity (Wildman–Crippen MR) is 62.3 cm³/mol. The fourth-order valence-corrected chi connectivity index (χ4v) is 1.52. The third-order valence-electron chi connectivity index (χ3n) is 2.40. The lowest BCUT2D eigenvalue weighted by Gasteiger charge is -2.09. The van der Waals surface area contributed by atoms with Crippen molar-refractivity contribution in [2.24, 2.45) is 0 Å². The van der Waals surface area contributed by atoms with Crippen LogP contribution in [0.3, 0.4) is 0 Å². The Hall–Kier alpha value is -1.91. The highest BCUT2D eigenvalue weighted by Crippen LogP contribution is 2.16. The molecule has 0 aromatic carbocycles. The molecule has 0 saturated heterocycles. The van der Waals surface area contributed by atoms with E-state index in [1.165, 1.54) is 0 Å². The number of nitrogens with zero attached hydrogens (tertiary/aromatic N) is 4. The molecule has 0 aliphatic rings. The number of aromatic nitrogens is 4. The molecule has 5 heteroatoms. The van der Waals surface area contributed by atoms with Crippen LogP contribution in [0.15, 0.2) is 18.5 Å². The van der Waals surface area contributed by atoms with Gasteiger partial charge in [-0.25, -0.2) is 14.6 Å². The zero-order valence-corrected chi connectivity index (χ0v) is 9.51. The Balaban J connectivity index is 2.51. The van der Waals surface area contributed by atoms with Crippen LogP contribution in [0.2, 0.25) is 0 Å². The first-order valence-electron chi connectivity index (χ1n) is 5.35. The van der Waals surface area contributed by atoms with Crippen LogP contribution in [0, 0.1) is 6.92 Å². The van der Waals surface area contributed by atoms with Crippen molar-refractivity contribution in [2.75, 3.05) is 5.73 Å². The van der Waals surface area contributed by atoms with E-state index in [0.717, 1.165) is 30.0 Å². The third-order valence-corrected chi connectivity index (χ3v) is 2.40. The summed E-state index contributed by atoms with van der Waals surface area (Å²) in [5.74, 6) is 2.07. The normalized spacial score (nSPS) is 10.6. The molecule has 2 heterocycles. The zero-order chi connectivity index (χ0) is 11.5. The van der Waals surface area contributed by atoms with E-state index in [2.05, 4.69) is 22.0 Å². The van der Waals surface area contributed by atoms with Crippen molar-refractivity contribution in [1.29, 1.82) is 0 Å². The largest absolute Gasteiger partial charge is 0.383 e. The zero-order valence-electron chi connectivity index (χ0n) is 9.51. The van der Waals surface area contributed by atoms with Gasteiger partial charge in [-0.15, -0.1) is 0 Å². The summed E-state index contributed by atoms with van der Waals surface area (Å²) >= 11 is 0. The standard InChI is InChI=1S/C11H15N5/c1-3-5-9-14-10(12)8(2)11(15-9)16-7-4-6-13-16/h4,6-7H,3,5H2,1-2H3,(H2,12,14,15). The summed E-state index contributed by atoms with van der Waals surface area (Å²) in [5.41, 5.74) is 6.73. The SMILES string of the molecule is CCCc1nc(N)c(C)c(-n2cccn2)n1. The maximum atomic E-state index is 5.87. The van der Waals surface area contributed by atoms with Gasteiger partial charge in [0.05, 0.1) is 0 Å². The molecule has 0 radical (unpaired) electrons. The summed E-state index contributed by atoms with van der Waals surface area (Å²) in [7, 11) is 0. The van der Waals surface area contributed by atoms with Gasteiger partial charge in [0.2, 0.25) is 0 Å². The van der Waals surface area contributed by atoms with Gasteiger partial charge in [-0.05, 0) is 19.4 Å². The second-order valence-corrected chi connectivity index (χ2v) is 3.67. The minimum atomic E-state index is 0.531. The number of hydrogen-bond acceptors (Lipinski definition) is 4. The van der Waals surface area contributed by atoms with E-state index < -0.39 is 0 Å². The molecule has 0 amide bonds. The van der Waals surface area contributed by atoms with Crippen molar-refractivity contribution >= 4 is 5.82 Å². The first-order chi connectivity index (χ1) is 7.72. The number of anilines is 1. The molecule has 2 aromatic rings. The Labute approximate surface area is 94.3 Å². The number of nitrogens with two attached hydrogens (primary N) is 1. The van der Waals surface area contributed by atoms with Crippen molar-refractivity contribution in [1.82, 2.24) is 19.7 Å². The van der Waals surface area contributed by atoms with Crippen molar-refractivity contribution in [3.05, 3.63) is 29.8 Å². The molecule has 0 atom stereocenters. The molecule has 0 spiro atoms. The third kappa shape index (κ3) is 1.88. The molecule has 0 saturated carbocycles. The van der Waals surface area contributed by atoms with Crippen LogP contribution >= 0.6 is 0 Å². The first-order valence-corrected chi connectivity index (χ1v) is 5.35. The van der Waals surface area contributed by atoms with Crippen LogP contribution in [0.4, 0.5) is 5.82 Å². The molecule has 0 aliphatic carbocycles. The van der Waals surface area contributed by atoms with Gasteiger partial charge in [0, 0.05) is 24.4 Å². The maximum Gasteiger partial charge on any atom is 0.162 e. The van der Waals surface area contributed by atoms with Crippen LogP contribution in [-0.2, 0) is 6.42 Å². The topological polar surface area (TPSA) is 69.6 Å². The molecule has 16 heavy (non-hydrogen) atoms. The van der Waals surface area contributed by atoms with Crippen LogP contribution in [0.25, 0.3) is 5.82 Å². The van der Waals surface area contributed by atoms with E-state index in [9.17, 15) is 0 Å². The lowest BCUT2D eigenvalue weighted by molar-refractivity contribution is 0.780. The number of hydrogen-bond donors (Lipinski definition) is 1. The van der Waals surface area contributed by atoms with Gasteiger partial charge < -0.3 is 5.73 Å². The molecule has 2 aromatic heterocycles. The van der Waals surface area contributed by atoms with Crippen LogP contribution in [-0.4, -0.2) is 19.7 Å². The molecule has 2 rings (SSSR count). The Morgan fingerprint density at radius 3 is 2.81 bits per heavy atom. The Morgan fingerprint density at radius 2 is 2.19 bits per heavy atom. The summed E-state index contributed by atoms with van der Waals surface area (Å²) in [5, 5.41) is 4.16. The number of nitrogen functional groups attached to an aromatic ring is 1. The molecule has 5 nitrogen and oxygen atoms in total. The quantitative estimate of drug-likeness (QED) is 0.846. The van der Waals surface area contributed by atoms with E-state index >= 15 is 0 Å². The smallest absolute Gasteiger partial charge is 0.162 e. The summed E-state index contributed by atoms with van der Waals surface area (Å²) in [6.07, 6.45) is 5.40. The molecule has 0 aliphatic heterocycles. The van der Waals surface area contributed by atoms with Crippen LogP contribution in [0.5, 0.6) is 0 Å². The molecule has 0 bridgehead atoms. The average Bonchev–Trinajstić information content (AvgIpc) is 2.76. The maximum absolute atomic E-state index is 5.87. The van der Waals surface area contributed by atoms with Gasteiger partial charge in [0.15, 0.2) is 5.82 Å². The summed E-state index contributed by atoms with van der Waals surface area (Å²) in [4.78, 5) is 8.73.